The monoisotopic (exact) mass is 536 g/mol. The lowest BCUT2D eigenvalue weighted by Gasteiger charge is -2.31. The van der Waals surface area contributed by atoms with Crippen LogP contribution >= 0.6 is 0 Å². The maximum absolute atomic E-state index is 11.4. The highest BCUT2D eigenvalue weighted by Crippen LogP contribution is 2.42. The Morgan fingerprint density at radius 3 is 1.51 bits per heavy atom. The molecule has 0 saturated heterocycles. The largest absolute Gasteiger partial charge is 0.507 e. The van der Waals surface area contributed by atoms with Crippen LogP contribution < -0.4 is 0 Å². The molecule has 0 saturated carbocycles. The molecule has 0 aliphatic heterocycles. The average molecular weight is 537 g/mol. The molecule has 0 bridgehead atoms. The molecule has 4 aromatic carbocycles. The van der Waals surface area contributed by atoms with Crippen LogP contribution in [0.25, 0.3) is 0 Å². The van der Waals surface area contributed by atoms with E-state index in [2.05, 4.69) is 145 Å². The summed E-state index contributed by atoms with van der Waals surface area (Å²) < 4.78 is 7.05. The number of phenols is 1. The first-order valence-electron chi connectivity index (χ1n) is 14.2. The molecule has 4 rings (SSSR count). The summed E-state index contributed by atoms with van der Waals surface area (Å²) in [6.07, 6.45) is 1.79. The minimum atomic E-state index is -1.03. The van der Waals surface area contributed by atoms with Crippen LogP contribution in [-0.2, 0) is 21.7 Å². The van der Waals surface area contributed by atoms with Crippen LogP contribution in [-0.4, -0.2) is 14.9 Å². The van der Waals surface area contributed by atoms with Gasteiger partial charge in [0.2, 0.25) is 0 Å². The second kappa shape index (κ2) is 12.4. The fourth-order valence-electron chi connectivity index (χ4n) is 5.24. The van der Waals surface area contributed by atoms with Gasteiger partial charge in [0.25, 0.3) is 0 Å². The van der Waals surface area contributed by atoms with Gasteiger partial charge >= 0.3 is 0 Å². The lowest BCUT2D eigenvalue weighted by atomic mass is 9.77. The minimum Gasteiger partial charge on any atom is -0.507 e. The van der Waals surface area contributed by atoms with Gasteiger partial charge in [0, 0.05) is 5.54 Å². The van der Waals surface area contributed by atoms with E-state index in [1.165, 1.54) is 22.3 Å². The third-order valence-corrected chi connectivity index (χ3v) is 9.40. The molecule has 39 heavy (non-hydrogen) atoms. The van der Waals surface area contributed by atoms with Crippen molar-refractivity contribution in [3.8, 4) is 5.75 Å². The normalized spacial score (nSPS) is 13.3. The van der Waals surface area contributed by atoms with Crippen LogP contribution in [0.15, 0.2) is 103 Å². The SMILES string of the molecule is CC(C)(C)c1cc(C(CCc2ccccc2)O[SiH2]C(c2ccccc2)c2ccccc2)cc(C(C)(C)C)c1O. The van der Waals surface area contributed by atoms with Crippen molar-refractivity contribution in [1.82, 2.24) is 0 Å². The number of hydrogen-bond donors (Lipinski definition) is 1. The predicted molar refractivity (Wildman–Crippen MR) is 167 cm³/mol. The highest BCUT2D eigenvalue weighted by Gasteiger charge is 2.29. The second-order valence-corrected chi connectivity index (χ2v) is 14.2. The van der Waals surface area contributed by atoms with Gasteiger partial charge in [-0.05, 0) is 69.2 Å². The summed E-state index contributed by atoms with van der Waals surface area (Å²) in [7, 11) is -1.03. The topological polar surface area (TPSA) is 29.5 Å². The molecule has 1 N–H and O–H groups in total. The van der Waals surface area contributed by atoms with Crippen LogP contribution in [0.4, 0.5) is 0 Å². The Hall–Kier alpha value is -3.14. The van der Waals surface area contributed by atoms with Crippen LogP contribution in [0.2, 0.25) is 0 Å². The number of aryl methyl sites for hydroxylation is 1. The van der Waals surface area contributed by atoms with Gasteiger partial charge in [-0.1, -0.05) is 133 Å². The van der Waals surface area contributed by atoms with Crippen molar-refractivity contribution in [1.29, 1.82) is 0 Å². The fourth-order valence-corrected chi connectivity index (χ4v) is 6.96. The van der Waals surface area contributed by atoms with Gasteiger partial charge in [0.1, 0.15) is 5.75 Å². The van der Waals surface area contributed by atoms with Crippen molar-refractivity contribution >= 4 is 9.76 Å². The van der Waals surface area contributed by atoms with Gasteiger partial charge < -0.3 is 9.53 Å². The standard InChI is InChI=1S/C36H44O2Si/c1-35(2,3)30-24-29(25-31(33(30)37)36(4,5)6)32(23-22-26-16-10-7-11-17-26)38-39-34(27-18-12-8-13-19-27)28-20-14-9-15-21-28/h7-21,24-25,32,34,37H,22-23,39H2,1-6H3. The molecule has 0 aliphatic carbocycles. The van der Waals surface area contributed by atoms with E-state index in [0.717, 1.165) is 24.0 Å². The van der Waals surface area contributed by atoms with Gasteiger partial charge in [-0.25, -0.2) is 0 Å². The second-order valence-electron chi connectivity index (χ2n) is 12.7. The number of aromatic hydroxyl groups is 1. The van der Waals surface area contributed by atoms with E-state index in [1.807, 2.05) is 0 Å². The molecule has 0 fully saturated rings. The molecule has 0 amide bonds. The van der Waals surface area contributed by atoms with E-state index in [0.29, 0.717) is 5.75 Å². The molecule has 0 heterocycles. The molecule has 0 spiro atoms. The highest BCUT2D eigenvalue weighted by molar-refractivity contribution is 6.31. The van der Waals surface area contributed by atoms with Gasteiger partial charge in [-0.15, -0.1) is 0 Å². The Morgan fingerprint density at radius 1 is 0.641 bits per heavy atom. The highest BCUT2D eigenvalue weighted by atomic mass is 28.2. The molecule has 0 radical (unpaired) electrons. The molecule has 0 aliphatic rings. The molecule has 1 atom stereocenters. The number of benzene rings is 4. The van der Waals surface area contributed by atoms with Crippen molar-refractivity contribution in [2.45, 2.75) is 76.9 Å². The van der Waals surface area contributed by atoms with E-state index in [4.69, 9.17) is 4.43 Å². The Morgan fingerprint density at radius 2 is 1.08 bits per heavy atom. The van der Waals surface area contributed by atoms with E-state index in [1.54, 1.807) is 0 Å². The van der Waals surface area contributed by atoms with Gasteiger partial charge in [0.05, 0.1) is 6.10 Å². The summed E-state index contributed by atoms with van der Waals surface area (Å²) in [4.78, 5) is 0. The smallest absolute Gasteiger partial charge is 0.174 e. The van der Waals surface area contributed by atoms with Gasteiger partial charge in [-0.3, -0.25) is 0 Å². The maximum Gasteiger partial charge on any atom is 0.174 e. The first-order valence-corrected chi connectivity index (χ1v) is 15.6. The summed E-state index contributed by atoms with van der Waals surface area (Å²) in [6, 6.07) is 36.6. The number of rotatable bonds is 9. The number of hydrogen-bond acceptors (Lipinski definition) is 2. The molecule has 1 unspecified atom stereocenters. The van der Waals surface area contributed by atoms with Crippen LogP contribution in [0.3, 0.4) is 0 Å². The van der Waals surface area contributed by atoms with Gasteiger partial charge in [-0.2, -0.15) is 0 Å². The maximum atomic E-state index is 11.4. The Balaban J connectivity index is 1.74. The first kappa shape index (κ1) is 28.9. The lowest BCUT2D eigenvalue weighted by Crippen LogP contribution is -2.21. The zero-order valence-electron chi connectivity index (χ0n) is 24.4. The van der Waals surface area contributed by atoms with Crippen molar-refractivity contribution < 1.29 is 9.53 Å². The van der Waals surface area contributed by atoms with E-state index in [9.17, 15) is 5.11 Å². The van der Waals surface area contributed by atoms with E-state index in [-0.39, 0.29) is 22.5 Å². The fraction of sp³-hybridized carbons (Fsp3) is 0.333. The van der Waals surface area contributed by atoms with E-state index < -0.39 is 9.76 Å². The van der Waals surface area contributed by atoms with Crippen LogP contribution in [0.1, 0.15) is 93.0 Å². The minimum absolute atomic E-state index is 0.0467. The molecule has 2 nitrogen and oxygen atoms in total. The lowest BCUT2D eigenvalue weighted by molar-refractivity contribution is 0.202. The summed E-state index contributed by atoms with van der Waals surface area (Å²) in [5.41, 5.74) is 7.00. The molecule has 4 aromatic rings. The molecular formula is C36H44O2Si. The van der Waals surface area contributed by atoms with Gasteiger partial charge in [0.15, 0.2) is 9.76 Å². The Labute approximate surface area is 238 Å². The third kappa shape index (κ3) is 7.50. The van der Waals surface area contributed by atoms with E-state index >= 15 is 0 Å². The summed E-state index contributed by atoms with van der Waals surface area (Å²) in [5.74, 6) is 0.421. The van der Waals surface area contributed by atoms with Crippen molar-refractivity contribution in [2.75, 3.05) is 0 Å². The van der Waals surface area contributed by atoms with Crippen LogP contribution in [0.5, 0.6) is 5.75 Å². The van der Waals surface area contributed by atoms with Crippen LogP contribution in [0, 0.1) is 0 Å². The predicted octanol–water partition coefficient (Wildman–Crippen LogP) is 8.55. The Kier molecular flexibility index (Phi) is 9.14. The third-order valence-electron chi connectivity index (χ3n) is 7.53. The molecule has 3 heteroatoms. The number of phenolic OH excluding ortho intramolecular Hbond substituents is 1. The zero-order valence-corrected chi connectivity index (χ0v) is 25.9. The summed E-state index contributed by atoms with van der Waals surface area (Å²) >= 11 is 0. The first-order chi connectivity index (χ1) is 18.5. The zero-order chi connectivity index (χ0) is 28.0. The van der Waals surface area contributed by atoms with Crippen molar-refractivity contribution in [3.05, 3.63) is 137 Å². The molecule has 204 valence electrons. The molecular weight excluding hydrogens is 492 g/mol. The summed E-state index contributed by atoms with van der Waals surface area (Å²) in [5, 5.41) is 11.4. The molecule has 0 aromatic heterocycles. The van der Waals surface area contributed by atoms with Crippen molar-refractivity contribution in [3.63, 3.8) is 0 Å². The average Bonchev–Trinajstić information content (AvgIpc) is 2.91. The Bertz CT molecular complexity index is 1250. The quantitative estimate of drug-likeness (QED) is 0.217. The summed E-state index contributed by atoms with van der Waals surface area (Å²) in [6.45, 7) is 13.0. The van der Waals surface area contributed by atoms with Crippen molar-refractivity contribution in [2.24, 2.45) is 0 Å².